The molecule has 17 heavy (non-hydrogen) atoms. The highest BCUT2D eigenvalue weighted by Gasteiger charge is 2.40. The van der Waals surface area contributed by atoms with E-state index in [1.54, 1.807) is 0 Å². The minimum absolute atomic E-state index is 0.0702. The van der Waals surface area contributed by atoms with Gasteiger partial charge in [0, 0.05) is 6.54 Å². The van der Waals surface area contributed by atoms with Crippen LogP contribution in [-0.2, 0) is 0 Å². The fourth-order valence-electron chi connectivity index (χ4n) is 1.53. The Kier molecular flexibility index (Phi) is 4.34. The van der Waals surface area contributed by atoms with Gasteiger partial charge in [0.05, 0.1) is 13.0 Å². The minimum Gasteiger partial charge on any atom is -0.494 e. The molecule has 0 heterocycles. The van der Waals surface area contributed by atoms with Crippen molar-refractivity contribution >= 4 is 0 Å². The number of likely N-dealkylation sites (N-methyl/N-ethyl adjacent to an activating group) is 1. The van der Waals surface area contributed by atoms with E-state index in [4.69, 9.17) is 0 Å². The van der Waals surface area contributed by atoms with E-state index in [2.05, 4.69) is 10.1 Å². The summed E-state index contributed by atoms with van der Waals surface area (Å²) in [5.41, 5.74) is -0.120. The maximum absolute atomic E-state index is 13.3. The SMILES string of the molecule is CNCC(c1ccc(OC)c(F)c1)C(F)(F)F. The second kappa shape index (κ2) is 5.35. The normalized spacial score (nSPS) is 13.5. The molecule has 0 radical (unpaired) electrons. The fraction of sp³-hybridized carbons (Fsp3) is 0.455. The first-order valence-electron chi connectivity index (χ1n) is 4.95. The number of ether oxygens (including phenoxy) is 1. The van der Waals surface area contributed by atoms with Crippen molar-refractivity contribution in [2.24, 2.45) is 0 Å². The monoisotopic (exact) mass is 251 g/mol. The van der Waals surface area contributed by atoms with Crippen LogP contribution in [0.25, 0.3) is 0 Å². The largest absolute Gasteiger partial charge is 0.494 e. The minimum atomic E-state index is -4.41. The van der Waals surface area contributed by atoms with Gasteiger partial charge in [0.1, 0.15) is 0 Å². The van der Waals surface area contributed by atoms with Gasteiger partial charge in [0.25, 0.3) is 0 Å². The van der Waals surface area contributed by atoms with E-state index >= 15 is 0 Å². The van der Waals surface area contributed by atoms with Gasteiger partial charge in [-0.15, -0.1) is 0 Å². The summed E-state index contributed by atoms with van der Waals surface area (Å²) in [4.78, 5) is 0. The smallest absolute Gasteiger partial charge is 0.396 e. The highest BCUT2D eigenvalue weighted by Crippen LogP contribution is 2.35. The van der Waals surface area contributed by atoms with Crippen molar-refractivity contribution in [1.29, 1.82) is 0 Å². The molecule has 0 saturated carbocycles. The number of benzene rings is 1. The quantitative estimate of drug-likeness (QED) is 0.831. The van der Waals surface area contributed by atoms with Crippen molar-refractivity contribution in [2.75, 3.05) is 20.7 Å². The van der Waals surface area contributed by atoms with Crippen LogP contribution in [0.4, 0.5) is 17.6 Å². The second-order valence-electron chi connectivity index (χ2n) is 3.55. The van der Waals surface area contributed by atoms with Gasteiger partial charge in [0.2, 0.25) is 0 Å². The Morgan fingerprint density at radius 2 is 2.00 bits per heavy atom. The van der Waals surface area contributed by atoms with Crippen LogP contribution in [0.1, 0.15) is 11.5 Å². The van der Waals surface area contributed by atoms with Gasteiger partial charge in [0.15, 0.2) is 11.6 Å². The van der Waals surface area contributed by atoms with Gasteiger partial charge in [-0.05, 0) is 24.7 Å². The highest BCUT2D eigenvalue weighted by atomic mass is 19.4. The molecule has 1 atom stereocenters. The lowest BCUT2D eigenvalue weighted by Crippen LogP contribution is -2.30. The van der Waals surface area contributed by atoms with Crippen molar-refractivity contribution in [2.45, 2.75) is 12.1 Å². The van der Waals surface area contributed by atoms with Gasteiger partial charge in [-0.1, -0.05) is 6.07 Å². The van der Waals surface area contributed by atoms with Gasteiger partial charge < -0.3 is 10.1 Å². The van der Waals surface area contributed by atoms with Crippen LogP contribution in [0.5, 0.6) is 5.75 Å². The zero-order chi connectivity index (χ0) is 13.1. The molecule has 1 aromatic carbocycles. The summed E-state index contributed by atoms with van der Waals surface area (Å²) >= 11 is 0. The van der Waals surface area contributed by atoms with Crippen LogP contribution in [-0.4, -0.2) is 26.9 Å². The zero-order valence-corrected chi connectivity index (χ0v) is 9.44. The Bertz CT molecular complexity index is 378. The summed E-state index contributed by atoms with van der Waals surface area (Å²) in [6, 6.07) is 3.27. The van der Waals surface area contributed by atoms with Gasteiger partial charge in [-0.2, -0.15) is 13.2 Å². The van der Waals surface area contributed by atoms with Crippen LogP contribution in [0, 0.1) is 5.82 Å². The van der Waals surface area contributed by atoms with E-state index in [1.807, 2.05) is 0 Å². The first kappa shape index (κ1) is 13.8. The molecule has 0 saturated heterocycles. The lowest BCUT2D eigenvalue weighted by atomic mass is 9.98. The lowest BCUT2D eigenvalue weighted by molar-refractivity contribution is -0.149. The van der Waals surface area contributed by atoms with Crippen molar-refractivity contribution in [3.8, 4) is 5.75 Å². The Morgan fingerprint density at radius 1 is 1.35 bits per heavy atom. The molecule has 0 spiro atoms. The molecule has 0 fully saturated rings. The predicted molar refractivity (Wildman–Crippen MR) is 55.7 cm³/mol. The lowest BCUT2D eigenvalue weighted by Gasteiger charge is -2.20. The number of alkyl halides is 3. The van der Waals surface area contributed by atoms with Crippen molar-refractivity contribution in [3.05, 3.63) is 29.6 Å². The van der Waals surface area contributed by atoms with Crippen molar-refractivity contribution in [1.82, 2.24) is 5.32 Å². The molecular formula is C11H13F4NO. The van der Waals surface area contributed by atoms with Gasteiger partial charge >= 0.3 is 6.18 Å². The third-order valence-corrected chi connectivity index (χ3v) is 2.38. The summed E-state index contributed by atoms with van der Waals surface area (Å²) in [7, 11) is 2.67. The molecule has 0 aliphatic carbocycles. The van der Waals surface area contributed by atoms with Crippen LogP contribution in [0.15, 0.2) is 18.2 Å². The highest BCUT2D eigenvalue weighted by molar-refractivity contribution is 5.32. The van der Waals surface area contributed by atoms with Crippen LogP contribution in [0.3, 0.4) is 0 Å². The number of hydrogen-bond acceptors (Lipinski definition) is 2. The van der Waals surface area contributed by atoms with E-state index in [0.29, 0.717) is 0 Å². The summed E-state index contributed by atoms with van der Waals surface area (Å²) in [5.74, 6) is -2.60. The van der Waals surface area contributed by atoms with Gasteiger partial charge in [-0.3, -0.25) is 0 Å². The zero-order valence-electron chi connectivity index (χ0n) is 9.44. The average molecular weight is 251 g/mol. The molecule has 0 bridgehead atoms. The maximum atomic E-state index is 13.3. The molecule has 1 unspecified atom stereocenters. The number of hydrogen-bond donors (Lipinski definition) is 1. The van der Waals surface area contributed by atoms with Crippen molar-refractivity contribution in [3.63, 3.8) is 0 Å². The number of nitrogens with one attached hydrogen (secondary N) is 1. The van der Waals surface area contributed by atoms with Crippen LogP contribution >= 0.6 is 0 Å². The first-order chi connectivity index (χ1) is 7.90. The molecule has 1 rings (SSSR count). The van der Waals surface area contributed by atoms with E-state index in [1.165, 1.54) is 26.3 Å². The van der Waals surface area contributed by atoms with E-state index in [9.17, 15) is 17.6 Å². The molecular weight excluding hydrogens is 238 g/mol. The molecule has 0 aromatic heterocycles. The predicted octanol–water partition coefficient (Wildman–Crippen LogP) is 2.70. The third-order valence-electron chi connectivity index (χ3n) is 2.38. The molecule has 96 valence electrons. The summed E-state index contributed by atoms with van der Waals surface area (Å²) in [5, 5.41) is 2.45. The first-order valence-corrected chi connectivity index (χ1v) is 4.95. The molecule has 1 N–H and O–H groups in total. The molecule has 0 amide bonds. The Labute approximate surface area is 96.6 Å². The number of halogens is 4. The van der Waals surface area contributed by atoms with E-state index < -0.39 is 17.9 Å². The van der Waals surface area contributed by atoms with E-state index in [-0.39, 0.29) is 17.9 Å². The molecule has 0 aliphatic heterocycles. The Morgan fingerprint density at radius 3 is 2.41 bits per heavy atom. The van der Waals surface area contributed by atoms with Gasteiger partial charge in [-0.25, -0.2) is 4.39 Å². The summed E-state index contributed by atoms with van der Waals surface area (Å²) in [6.07, 6.45) is -4.41. The number of methoxy groups -OCH3 is 1. The summed E-state index contributed by atoms with van der Waals surface area (Å²) in [6.45, 7) is -0.296. The fourth-order valence-corrected chi connectivity index (χ4v) is 1.53. The topological polar surface area (TPSA) is 21.3 Å². The summed E-state index contributed by atoms with van der Waals surface area (Å²) < 4.78 is 56.1. The van der Waals surface area contributed by atoms with Crippen molar-refractivity contribution < 1.29 is 22.3 Å². The van der Waals surface area contributed by atoms with Crippen LogP contribution in [0.2, 0.25) is 0 Å². The van der Waals surface area contributed by atoms with Crippen LogP contribution < -0.4 is 10.1 Å². The maximum Gasteiger partial charge on any atom is 0.396 e. The second-order valence-corrected chi connectivity index (χ2v) is 3.55. The number of rotatable bonds is 4. The molecule has 2 nitrogen and oxygen atoms in total. The molecule has 6 heteroatoms. The third kappa shape index (κ3) is 3.33. The Balaban J connectivity index is 3.07. The molecule has 1 aromatic rings. The molecule has 0 aliphatic rings. The average Bonchev–Trinajstić information content (AvgIpc) is 2.24. The standard InChI is InChI=1S/C11H13F4NO/c1-16-6-8(11(13,14)15)7-3-4-10(17-2)9(12)5-7/h3-5,8,16H,6H2,1-2H3. The Hall–Kier alpha value is -1.30. The van der Waals surface area contributed by atoms with E-state index in [0.717, 1.165) is 6.07 Å².